The van der Waals surface area contributed by atoms with E-state index < -0.39 is 0 Å². The standard InChI is InChI=1S/C15H16N2O/c1-12(18)17-15(13-7-3-2-4-8-13)11-14-9-5-6-10-16-14/h2-10,15H,11H2,1H3,(H,17,18). The molecule has 0 saturated carbocycles. The molecule has 18 heavy (non-hydrogen) atoms. The van der Waals surface area contributed by atoms with Crippen molar-refractivity contribution in [2.75, 3.05) is 0 Å². The first-order valence-electron chi connectivity index (χ1n) is 5.97. The Balaban J connectivity index is 2.18. The van der Waals surface area contributed by atoms with Crippen LogP contribution in [0.4, 0.5) is 0 Å². The Morgan fingerprint density at radius 3 is 2.50 bits per heavy atom. The Morgan fingerprint density at radius 1 is 1.17 bits per heavy atom. The van der Waals surface area contributed by atoms with E-state index in [4.69, 9.17) is 0 Å². The molecule has 0 bridgehead atoms. The molecule has 0 radical (unpaired) electrons. The number of pyridine rings is 1. The third-order valence-electron chi connectivity index (χ3n) is 2.72. The molecule has 1 atom stereocenters. The predicted molar refractivity (Wildman–Crippen MR) is 70.9 cm³/mol. The van der Waals surface area contributed by atoms with Crippen molar-refractivity contribution in [3.8, 4) is 0 Å². The number of aromatic nitrogens is 1. The molecule has 0 aliphatic heterocycles. The number of hydrogen-bond donors (Lipinski definition) is 1. The van der Waals surface area contributed by atoms with Crippen LogP contribution in [0.3, 0.4) is 0 Å². The van der Waals surface area contributed by atoms with Gasteiger partial charge in [-0.3, -0.25) is 9.78 Å². The molecule has 0 spiro atoms. The van der Waals surface area contributed by atoms with Crippen LogP contribution in [-0.4, -0.2) is 10.9 Å². The van der Waals surface area contributed by atoms with Crippen molar-refractivity contribution >= 4 is 5.91 Å². The lowest BCUT2D eigenvalue weighted by Gasteiger charge is -2.17. The van der Waals surface area contributed by atoms with Gasteiger partial charge >= 0.3 is 0 Å². The summed E-state index contributed by atoms with van der Waals surface area (Å²) in [6, 6.07) is 15.7. The van der Waals surface area contributed by atoms with Crippen LogP contribution in [0.2, 0.25) is 0 Å². The number of hydrogen-bond acceptors (Lipinski definition) is 2. The van der Waals surface area contributed by atoms with Gasteiger partial charge in [0.1, 0.15) is 0 Å². The third-order valence-corrected chi connectivity index (χ3v) is 2.72. The number of amides is 1. The fourth-order valence-electron chi connectivity index (χ4n) is 1.91. The highest BCUT2D eigenvalue weighted by atomic mass is 16.1. The maximum atomic E-state index is 11.3. The Labute approximate surface area is 107 Å². The van der Waals surface area contributed by atoms with Crippen LogP contribution in [0.25, 0.3) is 0 Å². The summed E-state index contributed by atoms with van der Waals surface area (Å²) in [5.74, 6) is -0.0280. The van der Waals surface area contributed by atoms with Crippen molar-refractivity contribution < 1.29 is 4.79 Å². The second-order valence-corrected chi connectivity index (χ2v) is 4.19. The number of nitrogens with one attached hydrogen (secondary N) is 1. The molecule has 0 aliphatic carbocycles. The monoisotopic (exact) mass is 240 g/mol. The molecule has 1 N–H and O–H groups in total. The number of benzene rings is 1. The predicted octanol–water partition coefficient (Wildman–Crippen LogP) is 2.50. The molecule has 2 aromatic rings. The van der Waals surface area contributed by atoms with Crippen LogP contribution in [0, 0.1) is 0 Å². The maximum absolute atomic E-state index is 11.3. The van der Waals surface area contributed by atoms with Gasteiger partial charge in [-0.15, -0.1) is 0 Å². The summed E-state index contributed by atoms with van der Waals surface area (Å²) < 4.78 is 0. The quantitative estimate of drug-likeness (QED) is 0.892. The number of carbonyl (C=O) groups excluding carboxylic acids is 1. The van der Waals surface area contributed by atoms with Crippen LogP contribution in [0.5, 0.6) is 0 Å². The fourth-order valence-corrected chi connectivity index (χ4v) is 1.91. The second kappa shape index (κ2) is 5.96. The van der Waals surface area contributed by atoms with E-state index in [1.165, 1.54) is 6.92 Å². The minimum Gasteiger partial charge on any atom is -0.349 e. The lowest BCUT2D eigenvalue weighted by atomic mass is 10.0. The topological polar surface area (TPSA) is 42.0 Å². The van der Waals surface area contributed by atoms with Crippen LogP contribution >= 0.6 is 0 Å². The van der Waals surface area contributed by atoms with Gasteiger partial charge in [-0.1, -0.05) is 36.4 Å². The molecule has 0 saturated heterocycles. The van der Waals surface area contributed by atoms with Crippen LogP contribution in [0.1, 0.15) is 24.2 Å². The van der Waals surface area contributed by atoms with E-state index in [1.54, 1.807) is 6.20 Å². The maximum Gasteiger partial charge on any atom is 0.217 e. The summed E-state index contributed by atoms with van der Waals surface area (Å²) in [7, 11) is 0. The Hall–Kier alpha value is -2.16. The van der Waals surface area contributed by atoms with Crippen molar-refractivity contribution in [3.63, 3.8) is 0 Å². The zero-order valence-electron chi connectivity index (χ0n) is 10.3. The highest BCUT2D eigenvalue weighted by Crippen LogP contribution is 2.17. The molecule has 1 aromatic carbocycles. The minimum atomic E-state index is -0.0291. The van der Waals surface area contributed by atoms with Crippen LogP contribution in [0.15, 0.2) is 54.7 Å². The van der Waals surface area contributed by atoms with Gasteiger partial charge in [0.15, 0.2) is 0 Å². The van der Waals surface area contributed by atoms with Gasteiger partial charge in [0.05, 0.1) is 6.04 Å². The second-order valence-electron chi connectivity index (χ2n) is 4.19. The summed E-state index contributed by atoms with van der Waals surface area (Å²) in [4.78, 5) is 15.6. The van der Waals surface area contributed by atoms with Gasteiger partial charge in [-0.25, -0.2) is 0 Å². The molecule has 1 aromatic heterocycles. The number of nitrogens with zero attached hydrogens (tertiary/aromatic N) is 1. The molecule has 1 unspecified atom stereocenters. The van der Waals surface area contributed by atoms with E-state index in [9.17, 15) is 4.79 Å². The Kier molecular flexibility index (Phi) is 4.07. The molecule has 1 amide bonds. The number of carbonyl (C=O) groups is 1. The van der Waals surface area contributed by atoms with Gasteiger partial charge < -0.3 is 5.32 Å². The zero-order valence-corrected chi connectivity index (χ0v) is 10.3. The van der Waals surface area contributed by atoms with Gasteiger partial charge in [-0.2, -0.15) is 0 Å². The number of rotatable bonds is 4. The van der Waals surface area contributed by atoms with Crippen LogP contribution in [-0.2, 0) is 11.2 Å². The third kappa shape index (κ3) is 3.42. The van der Waals surface area contributed by atoms with Gasteiger partial charge in [0.2, 0.25) is 5.91 Å². The normalized spacial score (nSPS) is 11.8. The molecule has 1 heterocycles. The van der Waals surface area contributed by atoms with Gasteiger partial charge in [0.25, 0.3) is 0 Å². The summed E-state index contributed by atoms with van der Waals surface area (Å²) in [5, 5.41) is 2.97. The Bertz CT molecular complexity index is 496. The van der Waals surface area contributed by atoms with Crippen molar-refractivity contribution in [1.82, 2.24) is 10.3 Å². The molecule has 92 valence electrons. The summed E-state index contributed by atoms with van der Waals surface area (Å²) >= 11 is 0. The first-order chi connectivity index (χ1) is 8.75. The first kappa shape index (κ1) is 12.3. The molecule has 3 heteroatoms. The summed E-state index contributed by atoms with van der Waals surface area (Å²) in [6.07, 6.45) is 2.47. The SMILES string of the molecule is CC(=O)NC(Cc1ccccn1)c1ccccc1. The van der Waals surface area contributed by atoms with Crippen molar-refractivity contribution in [2.45, 2.75) is 19.4 Å². The molecular weight excluding hydrogens is 224 g/mol. The summed E-state index contributed by atoms with van der Waals surface area (Å²) in [5.41, 5.74) is 2.07. The first-order valence-corrected chi connectivity index (χ1v) is 5.97. The van der Waals surface area contributed by atoms with Crippen molar-refractivity contribution in [1.29, 1.82) is 0 Å². The van der Waals surface area contributed by atoms with Gasteiger partial charge in [-0.05, 0) is 17.7 Å². The average molecular weight is 240 g/mol. The lowest BCUT2D eigenvalue weighted by Crippen LogP contribution is -2.27. The Morgan fingerprint density at radius 2 is 1.89 bits per heavy atom. The zero-order chi connectivity index (χ0) is 12.8. The molecule has 2 rings (SSSR count). The van der Waals surface area contributed by atoms with E-state index >= 15 is 0 Å². The largest absolute Gasteiger partial charge is 0.349 e. The molecular formula is C15H16N2O. The average Bonchev–Trinajstić information content (AvgIpc) is 2.40. The van der Waals surface area contributed by atoms with E-state index in [-0.39, 0.29) is 11.9 Å². The molecule has 0 aliphatic rings. The molecule has 0 fully saturated rings. The smallest absolute Gasteiger partial charge is 0.217 e. The van der Waals surface area contributed by atoms with E-state index in [2.05, 4.69) is 10.3 Å². The van der Waals surface area contributed by atoms with Crippen molar-refractivity contribution in [2.24, 2.45) is 0 Å². The van der Waals surface area contributed by atoms with Crippen molar-refractivity contribution in [3.05, 3.63) is 66.0 Å². The highest BCUT2D eigenvalue weighted by Gasteiger charge is 2.13. The van der Waals surface area contributed by atoms with E-state index in [1.807, 2.05) is 48.5 Å². The van der Waals surface area contributed by atoms with Crippen LogP contribution < -0.4 is 5.32 Å². The fraction of sp³-hybridized carbons (Fsp3) is 0.200. The lowest BCUT2D eigenvalue weighted by molar-refractivity contribution is -0.119. The summed E-state index contributed by atoms with van der Waals surface area (Å²) in [6.45, 7) is 1.54. The van der Waals surface area contributed by atoms with Gasteiger partial charge in [0, 0.05) is 25.2 Å². The molecule has 3 nitrogen and oxygen atoms in total. The van der Waals surface area contributed by atoms with E-state index in [0.717, 1.165) is 11.3 Å². The highest BCUT2D eigenvalue weighted by molar-refractivity contribution is 5.73. The minimum absolute atomic E-state index is 0.0280. The van der Waals surface area contributed by atoms with E-state index in [0.29, 0.717) is 6.42 Å².